The Morgan fingerprint density at radius 3 is 1.07 bits per heavy atom. The van der Waals surface area contributed by atoms with E-state index in [2.05, 4.69) is 10.9 Å². The van der Waals surface area contributed by atoms with E-state index in [-0.39, 0.29) is 0 Å². The molecular formula is C8H14B4N2. The van der Waals surface area contributed by atoms with Crippen LogP contribution in [-0.2, 0) is 0 Å². The topological polar surface area (TPSA) is 24.1 Å². The summed E-state index contributed by atoms with van der Waals surface area (Å²) in [5.41, 5.74) is 4.89. The van der Waals surface area contributed by atoms with Gasteiger partial charge in [0.1, 0.15) is 0 Å². The third kappa shape index (κ3) is 1.30. The quantitative estimate of drug-likeness (QED) is 0.495. The Labute approximate surface area is 92.0 Å². The van der Waals surface area contributed by atoms with Gasteiger partial charge in [-0.15, -0.1) is 0 Å². The van der Waals surface area contributed by atoms with E-state index < -0.39 is 21.5 Å². The summed E-state index contributed by atoms with van der Waals surface area (Å²) in [4.78, 5) is 0. The van der Waals surface area contributed by atoms with Gasteiger partial charge in [-0.3, -0.25) is 10.9 Å². The molecule has 8 radical (unpaired) electrons. The fraction of sp³-hybridized carbons (Fsp3) is 1.00. The van der Waals surface area contributed by atoms with Gasteiger partial charge in [0.25, 0.3) is 0 Å². The van der Waals surface area contributed by atoms with E-state index in [4.69, 9.17) is 31.4 Å². The van der Waals surface area contributed by atoms with Crippen molar-refractivity contribution < 1.29 is 0 Å². The van der Waals surface area contributed by atoms with Crippen molar-refractivity contribution in [1.29, 1.82) is 0 Å². The van der Waals surface area contributed by atoms with Crippen molar-refractivity contribution in [2.45, 2.75) is 49.2 Å². The molecule has 6 heteroatoms. The minimum absolute atomic E-state index is 0.591. The smallest absolute Gasteiger partial charge is 0.0634 e. The molecule has 0 aromatic heterocycles. The van der Waals surface area contributed by atoms with E-state index in [0.29, 0.717) is 0 Å². The Morgan fingerprint density at radius 1 is 0.643 bits per heavy atom. The molecule has 2 N–H and O–H groups in total. The predicted octanol–water partition coefficient (Wildman–Crippen LogP) is -0.442. The van der Waals surface area contributed by atoms with Crippen LogP contribution in [0.3, 0.4) is 0 Å². The maximum absolute atomic E-state index is 6.03. The van der Waals surface area contributed by atoms with Crippen LogP contribution < -0.4 is 10.9 Å². The van der Waals surface area contributed by atoms with Gasteiger partial charge in [-0.2, -0.15) is 0 Å². The summed E-state index contributed by atoms with van der Waals surface area (Å²) >= 11 is 0. The molecule has 0 aromatic carbocycles. The van der Waals surface area contributed by atoms with Crippen LogP contribution in [-0.4, -0.2) is 42.5 Å². The van der Waals surface area contributed by atoms with Crippen molar-refractivity contribution in [3.63, 3.8) is 0 Å². The van der Waals surface area contributed by atoms with Crippen LogP contribution in [0.1, 0.15) is 27.7 Å². The lowest BCUT2D eigenvalue weighted by Crippen LogP contribution is -2.75. The Bertz CT molecular complexity index is 222. The molecule has 14 heavy (non-hydrogen) atoms. The van der Waals surface area contributed by atoms with Crippen LogP contribution >= 0.6 is 0 Å². The Balaban J connectivity index is 3.20. The highest BCUT2D eigenvalue weighted by Gasteiger charge is 2.56. The lowest BCUT2D eigenvalue weighted by molar-refractivity contribution is 0.122. The molecule has 0 atom stereocenters. The van der Waals surface area contributed by atoms with Crippen LogP contribution in [0.2, 0.25) is 10.4 Å². The Morgan fingerprint density at radius 2 is 0.857 bits per heavy atom. The highest BCUT2D eigenvalue weighted by atomic mass is 15.4. The van der Waals surface area contributed by atoms with E-state index in [1.54, 1.807) is 0 Å². The zero-order valence-corrected chi connectivity index (χ0v) is 9.31. The highest BCUT2D eigenvalue weighted by Crippen LogP contribution is 2.57. The Kier molecular flexibility index (Phi) is 2.50. The molecular weight excluding hydrogens is 167 g/mol. The van der Waals surface area contributed by atoms with Crippen molar-refractivity contribution in [2.24, 2.45) is 0 Å². The molecule has 0 amide bonds. The summed E-state index contributed by atoms with van der Waals surface area (Å²) in [5, 5.41) is -2.43. The lowest BCUT2D eigenvalue weighted by Gasteiger charge is -2.66. The van der Waals surface area contributed by atoms with Gasteiger partial charge < -0.3 is 0 Å². The summed E-state index contributed by atoms with van der Waals surface area (Å²) < 4.78 is 0. The molecule has 0 spiro atoms. The zero-order valence-electron chi connectivity index (χ0n) is 9.31. The average molecular weight is 181 g/mol. The first-order valence-corrected chi connectivity index (χ1v) is 4.65. The van der Waals surface area contributed by atoms with Crippen LogP contribution in [0.15, 0.2) is 0 Å². The molecule has 1 aliphatic rings. The third-order valence-electron chi connectivity index (χ3n) is 3.44. The van der Waals surface area contributed by atoms with Crippen molar-refractivity contribution >= 4 is 31.4 Å². The van der Waals surface area contributed by atoms with E-state index in [1.807, 2.05) is 27.7 Å². The molecule has 1 fully saturated rings. The molecule has 1 saturated heterocycles. The van der Waals surface area contributed by atoms with Crippen molar-refractivity contribution in [3.05, 3.63) is 0 Å². The fourth-order valence-electron chi connectivity index (χ4n) is 1.55. The molecule has 0 bridgehead atoms. The van der Waals surface area contributed by atoms with Gasteiger partial charge in [0, 0.05) is 11.1 Å². The standard InChI is InChI=1S/C8H14B4N2/c1-5(2)7(9,10)8(11,12)6(3,4)14-13-5/h13-14H,1-4H3. The molecule has 0 aromatic rings. The van der Waals surface area contributed by atoms with Gasteiger partial charge in [0.15, 0.2) is 0 Å². The maximum atomic E-state index is 6.03. The number of nitrogens with one attached hydrogen (secondary N) is 2. The first-order chi connectivity index (χ1) is 5.96. The molecule has 1 aliphatic heterocycles. The van der Waals surface area contributed by atoms with Crippen LogP contribution in [0, 0.1) is 0 Å². The number of rotatable bonds is 0. The summed E-state index contributed by atoms with van der Waals surface area (Å²) in [5.74, 6) is 0. The monoisotopic (exact) mass is 182 g/mol. The first kappa shape index (κ1) is 12.3. The molecule has 0 unspecified atom stereocenters. The minimum Gasteiger partial charge on any atom is -0.253 e. The van der Waals surface area contributed by atoms with E-state index in [9.17, 15) is 0 Å². The molecule has 0 aliphatic carbocycles. The normalized spacial score (nSPS) is 32.3. The molecule has 1 heterocycles. The van der Waals surface area contributed by atoms with Crippen molar-refractivity contribution in [3.8, 4) is 0 Å². The Hall–Kier alpha value is 0.180. The zero-order chi connectivity index (χ0) is 11.4. The number of hydrogen-bond acceptors (Lipinski definition) is 2. The van der Waals surface area contributed by atoms with Gasteiger partial charge in [-0.1, -0.05) is 10.4 Å². The number of hydrazine groups is 1. The first-order valence-electron chi connectivity index (χ1n) is 4.65. The van der Waals surface area contributed by atoms with Crippen molar-refractivity contribution in [1.82, 2.24) is 10.9 Å². The SMILES string of the molecule is [B]C1([B])C(C)(C)NNC(C)(C)C1([B])[B]. The minimum atomic E-state index is -1.21. The maximum Gasteiger partial charge on any atom is 0.0634 e. The van der Waals surface area contributed by atoms with Crippen LogP contribution in [0.5, 0.6) is 0 Å². The molecule has 0 saturated carbocycles. The van der Waals surface area contributed by atoms with Gasteiger partial charge in [-0.05, 0) is 27.7 Å². The average Bonchev–Trinajstić information content (AvgIpc) is 1.98. The van der Waals surface area contributed by atoms with Gasteiger partial charge in [0.05, 0.1) is 31.4 Å². The predicted molar refractivity (Wildman–Crippen MR) is 62.8 cm³/mol. The second-order valence-electron chi connectivity index (χ2n) is 5.24. The second kappa shape index (κ2) is 2.85. The van der Waals surface area contributed by atoms with Gasteiger partial charge >= 0.3 is 0 Å². The summed E-state index contributed by atoms with van der Waals surface area (Å²) in [7, 11) is 24.1. The summed E-state index contributed by atoms with van der Waals surface area (Å²) in [6.07, 6.45) is 0. The van der Waals surface area contributed by atoms with Crippen LogP contribution in [0.4, 0.5) is 0 Å². The summed E-state index contributed by atoms with van der Waals surface area (Å²) in [6.45, 7) is 7.40. The molecule has 1 rings (SSSR count). The third-order valence-corrected chi connectivity index (χ3v) is 3.44. The van der Waals surface area contributed by atoms with E-state index in [1.165, 1.54) is 0 Å². The van der Waals surface area contributed by atoms with E-state index >= 15 is 0 Å². The summed E-state index contributed by atoms with van der Waals surface area (Å²) in [6, 6.07) is 0. The number of hydrogen-bond donors (Lipinski definition) is 2. The molecule has 2 nitrogen and oxygen atoms in total. The largest absolute Gasteiger partial charge is 0.253 e. The van der Waals surface area contributed by atoms with Gasteiger partial charge in [-0.25, -0.2) is 0 Å². The van der Waals surface area contributed by atoms with E-state index in [0.717, 1.165) is 0 Å². The van der Waals surface area contributed by atoms with Crippen LogP contribution in [0.25, 0.3) is 0 Å². The highest BCUT2D eigenvalue weighted by molar-refractivity contribution is 6.55. The second-order valence-corrected chi connectivity index (χ2v) is 5.24. The van der Waals surface area contributed by atoms with Crippen molar-refractivity contribution in [2.75, 3.05) is 0 Å². The fourth-order valence-corrected chi connectivity index (χ4v) is 1.55. The van der Waals surface area contributed by atoms with Gasteiger partial charge in [0.2, 0.25) is 0 Å². The molecule has 68 valence electrons. The lowest BCUT2D eigenvalue weighted by atomic mass is 9.21.